The van der Waals surface area contributed by atoms with E-state index in [1.807, 2.05) is 72.1 Å². The van der Waals surface area contributed by atoms with Crippen LogP contribution in [0.3, 0.4) is 0 Å². The van der Waals surface area contributed by atoms with Gasteiger partial charge in [-0.25, -0.2) is 0 Å². The lowest BCUT2D eigenvalue weighted by atomic mass is 9.90. The molecule has 14 heteroatoms. The lowest BCUT2D eigenvalue weighted by Gasteiger charge is -2.48. The summed E-state index contributed by atoms with van der Waals surface area (Å²) in [5.74, 6) is -0.624. The second-order valence-electron chi connectivity index (χ2n) is 16.0. The van der Waals surface area contributed by atoms with Crippen molar-refractivity contribution < 1.29 is 40.7 Å². The molecule has 3 aromatic carbocycles. The van der Waals surface area contributed by atoms with Crippen molar-refractivity contribution in [1.29, 1.82) is 0 Å². The first-order chi connectivity index (χ1) is 28.3. The third kappa shape index (κ3) is 11.4. The first kappa shape index (κ1) is 43.0. The minimum atomic E-state index is -5.05. The average Bonchev–Trinajstić information content (AvgIpc) is 3.66. The second kappa shape index (κ2) is 19.1. The highest BCUT2D eigenvalue weighted by molar-refractivity contribution is 7.10. The number of carbonyl (C=O) groups is 2. The third-order valence-electron chi connectivity index (χ3n) is 11.9. The third-order valence-corrected chi connectivity index (χ3v) is 12.9. The number of likely N-dealkylation sites (tertiary alicyclic amines) is 2. The summed E-state index contributed by atoms with van der Waals surface area (Å²) < 4.78 is 88.2. The van der Waals surface area contributed by atoms with Crippen LogP contribution in [0.4, 0.5) is 26.3 Å². The number of alkyl halides is 6. The van der Waals surface area contributed by atoms with E-state index in [0.29, 0.717) is 63.6 Å². The number of ether oxygens (including phenoxy) is 1. The Morgan fingerprint density at radius 1 is 0.712 bits per heavy atom. The maximum atomic E-state index is 13.9. The van der Waals surface area contributed by atoms with E-state index < -0.39 is 41.0 Å². The Balaban J connectivity index is 0.931. The van der Waals surface area contributed by atoms with E-state index >= 15 is 0 Å². The molecule has 0 bridgehead atoms. The van der Waals surface area contributed by atoms with Gasteiger partial charge < -0.3 is 9.64 Å². The molecule has 3 atom stereocenters. The average molecular weight is 841 g/mol. The van der Waals surface area contributed by atoms with Gasteiger partial charge in [0, 0.05) is 74.3 Å². The van der Waals surface area contributed by atoms with Crippen LogP contribution in [0.15, 0.2) is 90.3 Å². The summed E-state index contributed by atoms with van der Waals surface area (Å²) in [6.07, 6.45) is -6.08. The van der Waals surface area contributed by atoms with Crippen molar-refractivity contribution >= 4 is 23.0 Å². The summed E-state index contributed by atoms with van der Waals surface area (Å²) in [4.78, 5) is 36.9. The molecule has 3 unspecified atom stereocenters. The highest BCUT2D eigenvalue weighted by Gasteiger charge is 2.41. The minimum absolute atomic E-state index is 0.0568. The first-order valence-corrected chi connectivity index (χ1v) is 21.2. The summed E-state index contributed by atoms with van der Waals surface area (Å²) in [6, 6.07) is 22.7. The largest absolute Gasteiger partial charge is 0.416 e. The zero-order valence-corrected chi connectivity index (χ0v) is 33.7. The van der Waals surface area contributed by atoms with E-state index in [2.05, 4.69) is 14.7 Å². The molecule has 3 fully saturated rings. The monoisotopic (exact) mass is 840 g/mol. The van der Waals surface area contributed by atoms with Crippen LogP contribution < -0.4 is 0 Å². The van der Waals surface area contributed by atoms with E-state index in [9.17, 15) is 35.9 Å². The zero-order chi connectivity index (χ0) is 41.6. The molecule has 4 heterocycles. The van der Waals surface area contributed by atoms with Crippen molar-refractivity contribution in [3.8, 4) is 0 Å². The number of piperazine rings is 1. The molecule has 3 aliphatic rings. The molecule has 0 radical (unpaired) electrons. The van der Waals surface area contributed by atoms with Gasteiger partial charge in [0.1, 0.15) is 0 Å². The van der Waals surface area contributed by atoms with E-state index in [0.717, 1.165) is 73.7 Å². The van der Waals surface area contributed by atoms with Crippen molar-refractivity contribution in [2.45, 2.75) is 82.2 Å². The number of amides is 1. The Morgan fingerprint density at radius 3 is 1.98 bits per heavy atom. The predicted octanol–water partition coefficient (Wildman–Crippen LogP) is 8.61. The van der Waals surface area contributed by atoms with E-state index in [1.54, 1.807) is 11.3 Å². The van der Waals surface area contributed by atoms with Crippen LogP contribution in [0, 0.1) is 0 Å². The lowest BCUT2D eigenvalue weighted by Crippen LogP contribution is -2.59. The molecule has 0 aliphatic carbocycles. The van der Waals surface area contributed by atoms with Crippen LogP contribution in [0.2, 0.25) is 0 Å². The van der Waals surface area contributed by atoms with Crippen molar-refractivity contribution in [3.05, 3.63) is 129 Å². The molecule has 0 spiro atoms. The summed E-state index contributed by atoms with van der Waals surface area (Å²) in [6.45, 7) is 6.65. The molecule has 0 saturated carbocycles. The van der Waals surface area contributed by atoms with E-state index in [4.69, 9.17) is 4.74 Å². The summed E-state index contributed by atoms with van der Waals surface area (Å²) in [5.41, 5.74) is -0.496. The second-order valence-corrected chi connectivity index (χ2v) is 17.0. The van der Waals surface area contributed by atoms with Gasteiger partial charge in [-0.3, -0.25) is 24.3 Å². The molecule has 1 amide bonds. The Bertz CT molecular complexity index is 1970. The quantitative estimate of drug-likeness (QED) is 0.126. The molecule has 7 nitrogen and oxygen atoms in total. The van der Waals surface area contributed by atoms with Crippen molar-refractivity contribution in [3.63, 3.8) is 0 Å². The number of benzene rings is 3. The number of rotatable bonds is 13. The Hall–Kier alpha value is -4.08. The highest BCUT2D eigenvalue weighted by atomic mass is 32.1. The van der Waals surface area contributed by atoms with Crippen LogP contribution in [0.25, 0.3) is 0 Å². The SMILES string of the molecule is O=C(Cc1sccc1COCc1ccccc1)CN1CCCC(N2CCN(C3CCN(C(=O)c4cc(C(F)(F)F)cc(C(F)(F)F)c4)C(Cc4ccccc4)C3)CC2)C1. The Kier molecular flexibility index (Phi) is 13.9. The number of piperidine rings is 2. The summed E-state index contributed by atoms with van der Waals surface area (Å²) >= 11 is 1.60. The van der Waals surface area contributed by atoms with Crippen molar-refractivity contribution in [2.75, 3.05) is 52.4 Å². The predicted molar refractivity (Wildman–Crippen MR) is 215 cm³/mol. The highest BCUT2D eigenvalue weighted by Crippen LogP contribution is 2.37. The van der Waals surface area contributed by atoms with Gasteiger partial charge in [-0.1, -0.05) is 60.7 Å². The van der Waals surface area contributed by atoms with E-state index in [-0.39, 0.29) is 24.4 Å². The van der Waals surface area contributed by atoms with Gasteiger partial charge >= 0.3 is 12.4 Å². The van der Waals surface area contributed by atoms with Crippen LogP contribution >= 0.6 is 11.3 Å². The maximum Gasteiger partial charge on any atom is 0.416 e. The standard InChI is InChI=1S/C45H50F6N4O3S/c46-44(47,48)36-23-35(24-37(25-36)45(49,50)51)43(57)55-16-13-38(26-40(55)22-32-8-3-1-4-9-32)53-17-19-54(20-18-53)39-12-7-15-52(28-39)29-41(56)27-42-34(14-21-59-42)31-58-30-33-10-5-2-6-11-33/h1-6,8-11,14,21,23-25,38-40H,7,12-13,15-20,22,26-31H2. The number of hydrogen-bond donors (Lipinski definition) is 0. The molecule has 59 heavy (non-hydrogen) atoms. The van der Waals surface area contributed by atoms with Crippen LogP contribution in [0.5, 0.6) is 0 Å². The molecular weight excluding hydrogens is 791 g/mol. The first-order valence-electron chi connectivity index (χ1n) is 20.3. The van der Waals surface area contributed by atoms with Crippen molar-refractivity contribution in [2.24, 2.45) is 0 Å². The summed E-state index contributed by atoms with van der Waals surface area (Å²) in [5, 5.41) is 2.02. The number of carbonyl (C=O) groups excluding carboxylic acids is 2. The fraction of sp³-hybridized carbons (Fsp3) is 0.467. The normalized spacial score (nSPS) is 21.5. The molecule has 3 aliphatic heterocycles. The van der Waals surface area contributed by atoms with Crippen LogP contribution in [0.1, 0.15) is 68.7 Å². The van der Waals surface area contributed by atoms with Gasteiger partial charge in [0.05, 0.1) is 30.9 Å². The maximum absolute atomic E-state index is 13.9. The molecule has 4 aromatic rings. The molecule has 1 aromatic heterocycles. The smallest absolute Gasteiger partial charge is 0.372 e. The van der Waals surface area contributed by atoms with Crippen LogP contribution in [-0.2, 0) is 47.9 Å². The molecular formula is C45H50F6N4O3S. The van der Waals surface area contributed by atoms with Gasteiger partial charge in [-0.15, -0.1) is 11.3 Å². The van der Waals surface area contributed by atoms with Gasteiger partial charge in [-0.05, 0) is 85.0 Å². The number of halogens is 6. The van der Waals surface area contributed by atoms with Gasteiger partial charge in [0.25, 0.3) is 5.91 Å². The fourth-order valence-corrected chi connectivity index (χ4v) is 9.80. The lowest BCUT2D eigenvalue weighted by molar-refractivity contribution is -0.143. The van der Waals surface area contributed by atoms with Gasteiger partial charge in [0.15, 0.2) is 5.78 Å². The minimum Gasteiger partial charge on any atom is -0.372 e. The Labute approximate surface area is 345 Å². The van der Waals surface area contributed by atoms with E-state index in [1.165, 1.54) is 4.90 Å². The summed E-state index contributed by atoms with van der Waals surface area (Å²) in [7, 11) is 0. The van der Waals surface area contributed by atoms with Crippen LogP contribution in [-0.4, -0.2) is 102 Å². The topological polar surface area (TPSA) is 56.3 Å². The van der Waals surface area contributed by atoms with Gasteiger partial charge in [-0.2, -0.15) is 26.3 Å². The zero-order valence-electron chi connectivity index (χ0n) is 32.9. The van der Waals surface area contributed by atoms with Gasteiger partial charge in [0.2, 0.25) is 0 Å². The Morgan fingerprint density at radius 2 is 1.34 bits per heavy atom. The van der Waals surface area contributed by atoms with Crippen molar-refractivity contribution in [1.82, 2.24) is 19.6 Å². The molecule has 3 saturated heterocycles. The number of ketones is 1. The molecule has 7 rings (SSSR count). The number of Topliss-reactive ketones (excluding diaryl/α,β-unsaturated/α-hetero) is 1. The number of hydrogen-bond acceptors (Lipinski definition) is 7. The fourth-order valence-electron chi connectivity index (χ4n) is 8.88. The molecule has 316 valence electrons. The number of thiophene rings is 1. The molecule has 0 N–H and O–H groups in total. The number of nitrogens with zero attached hydrogens (tertiary/aromatic N) is 4.